The second-order valence-electron chi connectivity index (χ2n) is 4.92. The zero-order chi connectivity index (χ0) is 10.4. The predicted molar refractivity (Wildman–Crippen MR) is 61.5 cm³/mol. The normalized spacial score (nSPS) is 31.9. The van der Waals surface area contributed by atoms with Gasteiger partial charge in [-0.2, -0.15) is 0 Å². The summed E-state index contributed by atoms with van der Waals surface area (Å²) >= 11 is 0. The molecular formula is C13H26O. The van der Waals surface area contributed by atoms with Crippen LogP contribution in [0.4, 0.5) is 0 Å². The molecule has 84 valence electrons. The Morgan fingerprint density at radius 1 is 0.857 bits per heavy atom. The third kappa shape index (κ3) is 4.99. The van der Waals surface area contributed by atoms with E-state index in [-0.39, 0.29) is 0 Å². The highest BCUT2D eigenvalue weighted by atomic mass is 16.5. The van der Waals surface area contributed by atoms with Crippen LogP contribution in [0.15, 0.2) is 0 Å². The van der Waals surface area contributed by atoms with Crippen molar-refractivity contribution in [2.45, 2.75) is 77.9 Å². The van der Waals surface area contributed by atoms with E-state index < -0.39 is 0 Å². The molecule has 0 aromatic carbocycles. The lowest BCUT2D eigenvalue weighted by Gasteiger charge is -2.26. The minimum absolute atomic E-state index is 0.624. The van der Waals surface area contributed by atoms with Gasteiger partial charge in [0.15, 0.2) is 0 Å². The van der Waals surface area contributed by atoms with Crippen molar-refractivity contribution in [2.75, 3.05) is 0 Å². The molecule has 0 spiro atoms. The van der Waals surface area contributed by atoms with Gasteiger partial charge in [0.2, 0.25) is 0 Å². The summed E-state index contributed by atoms with van der Waals surface area (Å²) in [5.74, 6) is 0.953. The molecule has 0 bridgehead atoms. The third-order valence-electron chi connectivity index (χ3n) is 2.87. The highest BCUT2D eigenvalue weighted by Crippen LogP contribution is 2.31. The van der Waals surface area contributed by atoms with Gasteiger partial charge in [-0.25, -0.2) is 0 Å². The summed E-state index contributed by atoms with van der Waals surface area (Å²) in [4.78, 5) is 0. The molecule has 0 N–H and O–H groups in total. The van der Waals surface area contributed by atoms with Gasteiger partial charge in [-0.05, 0) is 44.4 Å². The van der Waals surface area contributed by atoms with Crippen molar-refractivity contribution in [3.63, 3.8) is 0 Å². The highest BCUT2D eigenvalue weighted by molar-refractivity contribution is 4.78. The first kappa shape index (κ1) is 12.0. The van der Waals surface area contributed by atoms with E-state index in [4.69, 9.17) is 4.74 Å². The van der Waals surface area contributed by atoms with Gasteiger partial charge in [0.25, 0.3) is 0 Å². The van der Waals surface area contributed by atoms with E-state index in [2.05, 4.69) is 20.8 Å². The number of rotatable bonds is 2. The number of hydrogen-bond donors (Lipinski definition) is 0. The summed E-state index contributed by atoms with van der Waals surface area (Å²) in [6.07, 6.45) is 10.6. The third-order valence-corrected chi connectivity index (χ3v) is 2.87. The Labute approximate surface area is 89.2 Å². The average molecular weight is 198 g/mol. The molecule has 0 heterocycles. The molecule has 2 rings (SSSR count). The summed E-state index contributed by atoms with van der Waals surface area (Å²) < 4.78 is 5.85. The lowest BCUT2D eigenvalue weighted by atomic mass is 9.89. The van der Waals surface area contributed by atoms with Crippen molar-refractivity contribution in [2.24, 2.45) is 5.92 Å². The Bertz CT molecular complexity index is 132. The maximum absolute atomic E-state index is 5.85. The first-order chi connectivity index (χ1) is 6.76. The van der Waals surface area contributed by atoms with Crippen LogP contribution in [0.1, 0.15) is 65.7 Å². The topological polar surface area (TPSA) is 9.23 Å². The SMILES string of the molecule is CC1CCC(OC2CC2)CC1.CCC. The lowest BCUT2D eigenvalue weighted by molar-refractivity contribution is 0.00846. The van der Waals surface area contributed by atoms with E-state index in [0.717, 1.165) is 5.92 Å². The maximum atomic E-state index is 5.85. The Balaban J connectivity index is 0.000000293. The minimum atomic E-state index is 0.624. The van der Waals surface area contributed by atoms with Crippen LogP contribution in [0.3, 0.4) is 0 Å². The fourth-order valence-electron chi connectivity index (χ4n) is 1.84. The van der Waals surface area contributed by atoms with Crippen molar-refractivity contribution in [3.05, 3.63) is 0 Å². The molecule has 2 aliphatic carbocycles. The summed E-state index contributed by atoms with van der Waals surface area (Å²) in [5, 5.41) is 0. The molecule has 1 nitrogen and oxygen atoms in total. The molecule has 2 saturated carbocycles. The van der Waals surface area contributed by atoms with Crippen molar-refractivity contribution in [1.29, 1.82) is 0 Å². The monoisotopic (exact) mass is 198 g/mol. The quantitative estimate of drug-likeness (QED) is 0.647. The van der Waals surface area contributed by atoms with E-state index in [9.17, 15) is 0 Å². The molecule has 0 aromatic heterocycles. The number of hydrogen-bond acceptors (Lipinski definition) is 1. The minimum Gasteiger partial charge on any atom is -0.375 e. The van der Waals surface area contributed by atoms with Crippen molar-refractivity contribution < 1.29 is 4.74 Å². The molecule has 14 heavy (non-hydrogen) atoms. The smallest absolute Gasteiger partial charge is 0.0580 e. The van der Waals surface area contributed by atoms with Gasteiger partial charge in [0.05, 0.1) is 12.2 Å². The van der Waals surface area contributed by atoms with Gasteiger partial charge in [-0.3, -0.25) is 0 Å². The van der Waals surface area contributed by atoms with Gasteiger partial charge < -0.3 is 4.74 Å². The summed E-state index contributed by atoms with van der Waals surface area (Å²) in [5.41, 5.74) is 0. The van der Waals surface area contributed by atoms with Gasteiger partial charge in [0.1, 0.15) is 0 Å². The van der Waals surface area contributed by atoms with E-state index in [0.29, 0.717) is 12.2 Å². The van der Waals surface area contributed by atoms with Crippen molar-refractivity contribution in [3.8, 4) is 0 Å². The molecule has 0 unspecified atom stereocenters. The van der Waals surface area contributed by atoms with Gasteiger partial charge >= 0.3 is 0 Å². The molecule has 0 aliphatic heterocycles. The molecular weight excluding hydrogens is 172 g/mol. The first-order valence-corrected chi connectivity index (χ1v) is 6.41. The second kappa shape index (κ2) is 6.44. The van der Waals surface area contributed by atoms with Crippen LogP contribution in [0.2, 0.25) is 0 Å². The molecule has 0 saturated heterocycles. The zero-order valence-corrected chi connectivity index (χ0v) is 10.1. The molecule has 2 aliphatic rings. The van der Waals surface area contributed by atoms with Crippen LogP contribution in [-0.2, 0) is 4.74 Å². The zero-order valence-electron chi connectivity index (χ0n) is 10.1. The van der Waals surface area contributed by atoms with Crippen molar-refractivity contribution >= 4 is 0 Å². The molecule has 2 fully saturated rings. The lowest BCUT2D eigenvalue weighted by Crippen LogP contribution is -2.21. The second-order valence-corrected chi connectivity index (χ2v) is 4.92. The van der Waals surface area contributed by atoms with E-state index in [1.165, 1.54) is 44.9 Å². The fourth-order valence-corrected chi connectivity index (χ4v) is 1.84. The van der Waals surface area contributed by atoms with Gasteiger partial charge in [0, 0.05) is 0 Å². The molecule has 0 radical (unpaired) electrons. The summed E-state index contributed by atoms with van der Waals surface area (Å²) in [6.45, 7) is 6.60. The van der Waals surface area contributed by atoms with Gasteiger partial charge in [-0.15, -0.1) is 0 Å². The van der Waals surface area contributed by atoms with Crippen LogP contribution >= 0.6 is 0 Å². The molecule has 0 atom stereocenters. The van der Waals surface area contributed by atoms with Crippen LogP contribution in [0.5, 0.6) is 0 Å². The molecule has 0 aromatic rings. The van der Waals surface area contributed by atoms with Gasteiger partial charge in [-0.1, -0.05) is 27.2 Å². The van der Waals surface area contributed by atoms with Crippen LogP contribution < -0.4 is 0 Å². The largest absolute Gasteiger partial charge is 0.375 e. The van der Waals surface area contributed by atoms with E-state index in [1.807, 2.05) is 0 Å². The average Bonchev–Trinajstić information content (AvgIpc) is 2.94. The van der Waals surface area contributed by atoms with Crippen LogP contribution in [-0.4, -0.2) is 12.2 Å². The molecule has 0 amide bonds. The first-order valence-electron chi connectivity index (χ1n) is 6.41. The number of ether oxygens (including phenoxy) is 1. The van der Waals surface area contributed by atoms with E-state index >= 15 is 0 Å². The predicted octanol–water partition coefficient (Wildman–Crippen LogP) is 4.16. The fraction of sp³-hybridized carbons (Fsp3) is 1.00. The Morgan fingerprint density at radius 2 is 1.21 bits per heavy atom. The van der Waals surface area contributed by atoms with Crippen LogP contribution in [0.25, 0.3) is 0 Å². The van der Waals surface area contributed by atoms with Crippen LogP contribution in [0, 0.1) is 5.92 Å². The standard InChI is InChI=1S/C10H18O.C3H8/c1-8-2-4-9(5-3-8)11-10-6-7-10;1-3-2/h8-10H,2-7H2,1H3;3H2,1-2H3. The Kier molecular flexibility index (Phi) is 5.54. The summed E-state index contributed by atoms with van der Waals surface area (Å²) in [6, 6.07) is 0. The van der Waals surface area contributed by atoms with E-state index in [1.54, 1.807) is 0 Å². The maximum Gasteiger partial charge on any atom is 0.0580 e. The van der Waals surface area contributed by atoms with Crippen molar-refractivity contribution in [1.82, 2.24) is 0 Å². The summed E-state index contributed by atoms with van der Waals surface area (Å²) in [7, 11) is 0. The Morgan fingerprint density at radius 3 is 1.57 bits per heavy atom. The highest BCUT2D eigenvalue weighted by Gasteiger charge is 2.28. The molecule has 1 heteroatoms. The Hall–Kier alpha value is -0.0400.